The first-order chi connectivity index (χ1) is 9.91. The Morgan fingerprint density at radius 1 is 1.29 bits per heavy atom. The fourth-order valence-corrected chi connectivity index (χ4v) is 2.59. The quantitative estimate of drug-likeness (QED) is 0.444. The van der Waals surface area contributed by atoms with Gasteiger partial charge in [0.15, 0.2) is 0 Å². The van der Waals surface area contributed by atoms with Crippen LogP contribution in [0.25, 0.3) is 0 Å². The van der Waals surface area contributed by atoms with Crippen molar-refractivity contribution in [3.63, 3.8) is 0 Å². The van der Waals surface area contributed by atoms with Crippen LogP contribution in [0.4, 0.5) is 0 Å². The summed E-state index contributed by atoms with van der Waals surface area (Å²) in [7, 11) is 3.66. The number of unbranched alkanes of at least 4 members (excludes halogenated alkanes) is 1. The lowest BCUT2D eigenvalue weighted by atomic mass is 9.94. The lowest BCUT2D eigenvalue weighted by Gasteiger charge is -2.29. The molecule has 21 heavy (non-hydrogen) atoms. The van der Waals surface area contributed by atoms with Crippen molar-refractivity contribution in [3.8, 4) is 0 Å². The van der Waals surface area contributed by atoms with E-state index in [1.54, 1.807) is 0 Å². The number of nitrogens with one attached hydrogen (secondary N) is 1. The van der Waals surface area contributed by atoms with Crippen molar-refractivity contribution in [3.05, 3.63) is 0 Å². The highest BCUT2D eigenvalue weighted by molar-refractivity contribution is 5.80. The molecule has 2 unspecified atom stereocenters. The zero-order valence-electron chi connectivity index (χ0n) is 15.0. The molecule has 0 bridgehead atoms. The van der Waals surface area contributed by atoms with Gasteiger partial charge in [-0.05, 0) is 66.1 Å². The molecule has 0 aromatic rings. The van der Waals surface area contributed by atoms with Crippen molar-refractivity contribution in [2.75, 3.05) is 27.2 Å². The molecule has 0 heterocycles. The smallest absolute Gasteiger partial charge is 0.325 e. The fourth-order valence-electron chi connectivity index (χ4n) is 2.59. The molecule has 0 aliphatic rings. The predicted octanol–water partition coefficient (Wildman–Crippen LogP) is 3.21. The van der Waals surface area contributed by atoms with E-state index >= 15 is 0 Å². The third-order valence-electron chi connectivity index (χ3n) is 4.30. The molecule has 0 aromatic heterocycles. The molecule has 0 saturated carbocycles. The summed E-state index contributed by atoms with van der Waals surface area (Å²) in [4.78, 5) is 14.4. The summed E-state index contributed by atoms with van der Waals surface area (Å²) < 4.78 is 4.95. The molecule has 0 fully saturated rings. The van der Waals surface area contributed by atoms with Crippen LogP contribution in [0.15, 0.2) is 0 Å². The van der Waals surface area contributed by atoms with Crippen molar-refractivity contribution in [2.24, 2.45) is 0 Å². The molecular weight excluding hydrogens is 264 g/mol. The fraction of sp³-hybridized carbons (Fsp3) is 0.941. The van der Waals surface area contributed by atoms with Crippen LogP contribution in [-0.2, 0) is 9.53 Å². The van der Waals surface area contributed by atoms with Gasteiger partial charge in [0.1, 0.15) is 5.54 Å². The number of nitrogens with zero attached hydrogens (tertiary/aromatic N) is 1. The van der Waals surface area contributed by atoms with Crippen molar-refractivity contribution in [1.82, 2.24) is 10.2 Å². The number of ether oxygens (including phenoxy) is 1. The standard InChI is InChI=1S/C17H36N2O2/c1-7-11-15(3)19(5)14-10-9-12-17(4,16(20)21-6)18-13-8-2/h15,18H,7-14H2,1-6H3. The summed E-state index contributed by atoms with van der Waals surface area (Å²) in [6.45, 7) is 10.5. The van der Waals surface area contributed by atoms with Crippen LogP contribution < -0.4 is 5.32 Å². The highest BCUT2D eigenvalue weighted by atomic mass is 16.5. The molecule has 126 valence electrons. The van der Waals surface area contributed by atoms with Gasteiger partial charge in [-0.3, -0.25) is 4.79 Å². The summed E-state index contributed by atoms with van der Waals surface area (Å²) in [5, 5.41) is 3.34. The van der Waals surface area contributed by atoms with Crippen molar-refractivity contribution >= 4 is 5.97 Å². The zero-order valence-corrected chi connectivity index (χ0v) is 15.0. The van der Waals surface area contributed by atoms with Gasteiger partial charge in [0.05, 0.1) is 7.11 Å². The van der Waals surface area contributed by atoms with E-state index in [0.29, 0.717) is 6.04 Å². The van der Waals surface area contributed by atoms with Gasteiger partial charge in [-0.25, -0.2) is 0 Å². The number of carbonyl (C=O) groups is 1. The second kappa shape index (κ2) is 11.0. The molecule has 4 nitrogen and oxygen atoms in total. The number of hydrogen-bond donors (Lipinski definition) is 1. The second-order valence-corrected chi connectivity index (χ2v) is 6.33. The topological polar surface area (TPSA) is 41.6 Å². The summed E-state index contributed by atoms with van der Waals surface area (Å²) >= 11 is 0. The Balaban J connectivity index is 4.16. The molecule has 1 N–H and O–H groups in total. The third kappa shape index (κ3) is 7.82. The lowest BCUT2D eigenvalue weighted by Crippen LogP contribution is -2.50. The minimum absolute atomic E-state index is 0.149. The predicted molar refractivity (Wildman–Crippen MR) is 89.6 cm³/mol. The number of rotatable bonds is 12. The van der Waals surface area contributed by atoms with E-state index < -0.39 is 5.54 Å². The number of carbonyl (C=O) groups excluding carboxylic acids is 1. The molecular formula is C17H36N2O2. The highest BCUT2D eigenvalue weighted by Crippen LogP contribution is 2.17. The van der Waals surface area contributed by atoms with Crippen LogP contribution in [0.1, 0.15) is 66.2 Å². The molecule has 0 aliphatic heterocycles. The van der Waals surface area contributed by atoms with Crippen LogP contribution in [0.3, 0.4) is 0 Å². The molecule has 0 radical (unpaired) electrons. The maximum atomic E-state index is 12.0. The SMILES string of the molecule is CCCNC(C)(CCCCN(C)C(C)CCC)C(=O)OC. The van der Waals surface area contributed by atoms with Crippen LogP contribution >= 0.6 is 0 Å². The van der Waals surface area contributed by atoms with E-state index in [1.807, 2.05) is 6.92 Å². The van der Waals surface area contributed by atoms with Gasteiger partial charge in [-0.2, -0.15) is 0 Å². The third-order valence-corrected chi connectivity index (χ3v) is 4.30. The average molecular weight is 300 g/mol. The summed E-state index contributed by atoms with van der Waals surface area (Å²) in [5.41, 5.74) is -0.543. The molecule has 0 spiro atoms. The molecule has 0 saturated heterocycles. The van der Waals surface area contributed by atoms with E-state index in [-0.39, 0.29) is 5.97 Å². The summed E-state index contributed by atoms with van der Waals surface area (Å²) in [6, 6.07) is 0.639. The first-order valence-electron chi connectivity index (χ1n) is 8.45. The van der Waals surface area contributed by atoms with Gasteiger partial charge in [0.25, 0.3) is 0 Å². The zero-order chi connectivity index (χ0) is 16.3. The van der Waals surface area contributed by atoms with Gasteiger partial charge in [0, 0.05) is 6.04 Å². The number of methoxy groups -OCH3 is 1. The molecule has 4 heteroatoms. The van der Waals surface area contributed by atoms with Crippen molar-refractivity contribution in [2.45, 2.75) is 77.8 Å². The van der Waals surface area contributed by atoms with E-state index in [0.717, 1.165) is 38.8 Å². The van der Waals surface area contributed by atoms with Crippen LogP contribution in [0.5, 0.6) is 0 Å². The first kappa shape index (κ1) is 20.4. The van der Waals surface area contributed by atoms with E-state index in [1.165, 1.54) is 20.0 Å². The Labute approximate surface area is 131 Å². The monoisotopic (exact) mass is 300 g/mol. The van der Waals surface area contributed by atoms with Gasteiger partial charge < -0.3 is 15.0 Å². The van der Waals surface area contributed by atoms with Gasteiger partial charge in [0.2, 0.25) is 0 Å². The Kier molecular flexibility index (Phi) is 10.7. The molecule has 2 atom stereocenters. The maximum absolute atomic E-state index is 12.0. The van der Waals surface area contributed by atoms with E-state index in [4.69, 9.17) is 4.74 Å². The minimum Gasteiger partial charge on any atom is -0.468 e. The Morgan fingerprint density at radius 2 is 1.95 bits per heavy atom. The molecule has 0 aromatic carbocycles. The normalized spacial score (nSPS) is 15.8. The number of hydrogen-bond acceptors (Lipinski definition) is 4. The Morgan fingerprint density at radius 3 is 2.48 bits per heavy atom. The van der Waals surface area contributed by atoms with Gasteiger partial charge in [-0.1, -0.05) is 20.3 Å². The van der Waals surface area contributed by atoms with Crippen molar-refractivity contribution in [1.29, 1.82) is 0 Å². The Hall–Kier alpha value is -0.610. The van der Waals surface area contributed by atoms with E-state index in [2.05, 4.69) is 38.0 Å². The molecule has 0 rings (SSSR count). The van der Waals surface area contributed by atoms with Gasteiger partial charge >= 0.3 is 5.97 Å². The first-order valence-corrected chi connectivity index (χ1v) is 8.45. The largest absolute Gasteiger partial charge is 0.468 e. The lowest BCUT2D eigenvalue weighted by molar-refractivity contribution is -0.148. The minimum atomic E-state index is -0.543. The van der Waals surface area contributed by atoms with E-state index in [9.17, 15) is 4.79 Å². The van der Waals surface area contributed by atoms with Crippen LogP contribution in [0.2, 0.25) is 0 Å². The van der Waals surface area contributed by atoms with Gasteiger partial charge in [-0.15, -0.1) is 0 Å². The van der Waals surface area contributed by atoms with Crippen LogP contribution in [0, 0.1) is 0 Å². The molecule has 0 aliphatic carbocycles. The Bertz CT molecular complexity index is 284. The number of esters is 1. The molecule has 0 amide bonds. The maximum Gasteiger partial charge on any atom is 0.325 e. The second-order valence-electron chi connectivity index (χ2n) is 6.33. The summed E-state index contributed by atoms with van der Waals surface area (Å²) in [6.07, 6.45) is 6.47. The average Bonchev–Trinajstić information content (AvgIpc) is 2.48. The summed E-state index contributed by atoms with van der Waals surface area (Å²) in [5.74, 6) is -0.149. The van der Waals surface area contributed by atoms with Crippen molar-refractivity contribution < 1.29 is 9.53 Å². The highest BCUT2D eigenvalue weighted by Gasteiger charge is 2.32. The van der Waals surface area contributed by atoms with Crippen LogP contribution in [-0.4, -0.2) is 49.7 Å².